The molecule has 3 aliphatic rings. The van der Waals surface area contributed by atoms with Crippen LogP contribution in [0.15, 0.2) is 30.3 Å². The van der Waals surface area contributed by atoms with Crippen LogP contribution in [0, 0.1) is 11.8 Å². The molecule has 1 amide bonds. The van der Waals surface area contributed by atoms with Crippen LogP contribution in [0.25, 0.3) is 0 Å². The van der Waals surface area contributed by atoms with Crippen LogP contribution in [-0.4, -0.2) is 67.7 Å². The van der Waals surface area contributed by atoms with Crippen LogP contribution in [0.5, 0.6) is 0 Å². The first kappa shape index (κ1) is 17.0. The van der Waals surface area contributed by atoms with Crippen molar-refractivity contribution in [3.05, 3.63) is 35.9 Å². The highest BCUT2D eigenvalue weighted by molar-refractivity contribution is 5.81. The summed E-state index contributed by atoms with van der Waals surface area (Å²) < 4.78 is 5.85. The molecule has 3 aliphatic heterocycles. The summed E-state index contributed by atoms with van der Waals surface area (Å²) in [5.41, 5.74) is 1.30. The summed E-state index contributed by atoms with van der Waals surface area (Å²) in [4.78, 5) is 17.4. The van der Waals surface area contributed by atoms with Gasteiger partial charge in [-0.15, -0.1) is 0 Å². The molecular weight excluding hydrogens is 314 g/mol. The van der Waals surface area contributed by atoms with E-state index in [2.05, 4.69) is 39.4 Å². The molecule has 5 nitrogen and oxygen atoms in total. The Bertz CT molecular complexity index is 566. The SMILES string of the molecule is O=C(C1CN(Cc2ccccc2)CCO1)N1CC[C@@H]2CNC[C@@H]2CC1. The van der Waals surface area contributed by atoms with Crippen LogP contribution >= 0.6 is 0 Å². The van der Waals surface area contributed by atoms with E-state index in [9.17, 15) is 4.79 Å². The van der Waals surface area contributed by atoms with E-state index in [1.807, 2.05) is 6.07 Å². The van der Waals surface area contributed by atoms with Gasteiger partial charge < -0.3 is 15.0 Å². The van der Waals surface area contributed by atoms with Crippen LogP contribution < -0.4 is 5.32 Å². The van der Waals surface area contributed by atoms with Gasteiger partial charge in [0.2, 0.25) is 0 Å². The molecule has 0 radical (unpaired) electrons. The van der Waals surface area contributed by atoms with Crippen molar-refractivity contribution >= 4 is 5.91 Å². The number of carbonyl (C=O) groups is 1. The van der Waals surface area contributed by atoms with Crippen molar-refractivity contribution in [2.75, 3.05) is 45.9 Å². The van der Waals surface area contributed by atoms with E-state index in [1.54, 1.807) is 0 Å². The minimum atomic E-state index is -0.298. The van der Waals surface area contributed by atoms with Gasteiger partial charge in [0, 0.05) is 32.7 Å². The maximum atomic E-state index is 13.0. The monoisotopic (exact) mass is 343 g/mol. The van der Waals surface area contributed by atoms with E-state index in [1.165, 1.54) is 5.56 Å². The maximum Gasteiger partial charge on any atom is 0.253 e. The molecule has 0 bridgehead atoms. The maximum absolute atomic E-state index is 13.0. The highest BCUT2D eigenvalue weighted by atomic mass is 16.5. The van der Waals surface area contributed by atoms with Gasteiger partial charge in [-0.05, 0) is 43.3 Å². The molecule has 0 spiro atoms. The number of carbonyl (C=O) groups excluding carboxylic acids is 1. The topological polar surface area (TPSA) is 44.8 Å². The highest BCUT2D eigenvalue weighted by Crippen LogP contribution is 2.27. The molecule has 3 saturated heterocycles. The quantitative estimate of drug-likeness (QED) is 0.900. The minimum Gasteiger partial charge on any atom is -0.366 e. The fraction of sp³-hybridized carbons (Fsp3) is 0.650. The van der Waals surface area contributed by atoms with Gasteiger partial charge in [0.25, 0.3) is 5.91 Å². The van der Waals surface area contributed by atoms with Crippen LogP contribution in [0.4, 0.5) is 0 Å². The second-order valence-electron chi connectivity index (χ2n) is 7.66. The Balaban J connectivity index is 1.33. The predicted molar refractivity (Wildman–Crippen MR) is 97.1 cm³/mol. The third kappa shape index (κ3) is 4.05. The number of rotatable bonds is 3. The Morgan fingerprint density at radius 1 is 1.08 bits per heavy atom. The molecule has 1 aromatic carbocycles. The number of fused-ring (bicyclic) bond motifs is 1. The van der Waals surface area contributed by atoms with E-state index in [4.69, 9.17) is 4.74 Å². The minimum absolute atomic E-state index is 0.200. The fourth-order valence-corrected chi connectivity index (χ4v) is 4.48. The number of likely N-dealkylation sites (tertiary alicyclic amines) is 1. The lowest BCUT2D eigenvalue weighted by Crippen LogP contribution is -2.51. The molecule has 3 fully saturated rings. The number of morpholine rings is 1. The number of ether oxygens (including phenoxy) is 1. The zero-order chi connectivity index (χ0) is 17.1. The van der Waals surface area contributed by atoms with Crippen molar-refractivity contribution in [3.8, 4) is 0 Å². The summed E-state index contributed by atoms with van der Waals surface area (Å²) in [6.45, 7) is 7.17. The van der Waals surface area contributed by atoms with Gasteiger partial charge in [0.1, 0.15) is 6.10 Å². The lowest BCUT2D eigenvalue weighted by molar-refractivity contribution is -0.149. The molecule has 1 aromatic rings. The first-order valence-corrected chi connectivity index (χ1v) is 9.67. The summed E-state index contributed by atoms with van der Waals surface area (Å²) in [5.74, 6) is 1.70. The van der Waals surface area contributed by atoms with E-state index >= 15 is 0 Å². The normalized spacial score (nSPS) is 30.7. The molecule has 25 heavy (non-hydrogen) atoms. The molecule has 0 saturated carbocycles. The Labute approximate surface area is 150 Å². The number of benzene rings is 1. The molecule has 1 unspecified atom stereocenters. The van der Waals surface area contributed by atoms with E-state index in [-0.39, 0.29) is 12.0 Å². The highest BCUT2D eigenvalue weighted by Gasteiger charge is 2.35. The third-order valence-electron chi connectivity index (χ3n) is 6.01. The van der Waals surface area contributed by atoms with Crippen LogP contribution in [0.1, 0.15) is 18.4 Å². The third-order valence-corrected chi connectivity index (χ3v) is 6.01. The first-order valence-electron chi connectivity index (χ1n) is 9.67. The van der Waals surface area contributed by atoms with E-state index < -0.39 is 0 Å². The van der Waals surface area contributed by atoms with Crippen molar-refractivity contribution in [2.24, 2.45) is 11.8 Å². The van der Waals surface area contributed by atoms with Crippen molar-refractivity contribution in [2.45, 2.75) is 25.5 Å². The fourth-order valence-electron chi connectivity index (χ4n) is 4.48. The summed E-state index contributed by atoms with van der Waals surface area (Å²) >= 11 is 0. The van der Waals surface area contributed by atoms with Gasteiger partial charge in [0.05, 0.1) is 6.61 Å². The standard InChI is InChI=1S/C20H29N3O2/c24-20(23-8-6-17-12-21-13-18(17)7-9-23)19-15-22(10-11-25-19)14-16-4-2-1-3-5-16/h1-5,17-19,21H,6-15H2/t17-,18+,19?. The van der Waals surface area contributed by atoms with Gasteiger partial charge >= 0.3 is 0 Å². The summed E-state index contributed by atoms with van der Waals surface area (Å²) in [7, 11) is 0. The summed E-state index contributed by atoms with van der Waals surface area (Å²) in [6, 6.07) is 10.5. The van der Waals surface area contributed by atoms with Crippen molar-refractivity contribution in [3.63, 3.8) is 0 Å². The molecule has 0 aromatic heterocycles. The van der Waals surface area contributed by atoms with Crippen LogP contribution in [0.2, 0.25) is 0 Å². The van der Waals surface area contributed by atoms with Crippen LogP contribution in [0.3, 0.4) is 0 Å². The zero-order valence-electron chi connectivity index (χ0n) is 14.9. The molecule has 5 heteroatoms. The lowest BCUT2D eigenvalue weighted by Gasteiger charge is -2.35. The Kier molecular flexibility index (Phi) is 5.34. The van der Waals surface area contributed by atoms with Gasteiger partial charge in [0.15, 0.2) is 0 Å². The summed E-state index contributed by atoms with van der Waals surface area (Å²) in [5, 5.41) is 3.49. The molecule has 3 heterocycles. The average molecular weight is 343 g/mol. The Hall–Kier alpha value is -1.43. The molecular formula is C20H29N3O2. The number of hydrogen-bond donors (Lipinski definition) is 1. The molecule has 3 atom stereocenters. The number of amides is 1. The van der Waals surface area contributed by atoms with E-state index in [0.717, 1.165) is 63.9 Å². The second kappa shape index (κ2) is 7.85. The smallest absolute Gasteiger partial charge is 0.253 e. The van der Waals surface area contributed by atoms with E-state index in [0.29, 0.717) is 13.2 Å². The summed E-state index contributed by atoms with van der Waals surface area (Å²) in [6.07, 6.45) is 1.96. The number of nitrogens with one attached hydrogen (secondary N) is 1. The molecule has 4 rings (SSSR count). The predicted octanol–water partition coefficient (Wildman–Crippen LogP) is 1.35. The lowest BCUT2D eigenvalue weighted by atomic mass is 9.92. The number of hydrogen-bond acceptors (Lipinski definition) is 4. The van der Waals surface area contributed by atoms with Gasteiger partial charge in [-0.1, -0.05) is 30.3 Å². The van der Waals surface area contributed by atoms with Gasteiger partial charge in [-0.3, -0.25) is 9.69 Å². The van der Waals surface area contributed by atoms with Crippen LogP contribution in [-0.2, 0) is 16.1 Å². The Morgan fingerprint density at radius 3 is 2.52 bits per heavy atom. The zero-order valence-corrected chi connectivity index (χ0v) is 14.9. The van der Waals surface area contributed by atoms with Gasteiger partial charge in [-0.25, -0.2) is 0 Å². The van der Waals surface area contributed by atoms with Crippen molar-refractivity contribution < 1.29 is 9.53 Å². The van der Waals surface area contributed by atoms with Gasteiger partial charge in [-0.2, -0.15) is 0 Å². The molecule has 1 N–H and O–H groups in total. The second-order valence-corrected chi connectivity index (χ2v) is 7.66. The number of nitrogens with zero attached hydrogens (tertiary/aromatic N) is 2. The Morgan fingerprint density at radius 2 is 1.80 bits per heavy atom. The largest absolute Gasteiger partial charge is 0.366 e. The molecule has 136 valence electrons. The average Bonchev–Trinajstić information content (AvgIpc) is 3.01. The van der Waals surface area contributed by atoms with Crippen molar-refractivity contribution in [1.29, 1.82) is 0 Å². The van der Waals surface area contributed by atoms with Crippen molar-refractivity contribution in [1.82, 2.24) is 15.1 Å². The molecule has 0 aliphatic carbocycles. The first-order chi connectivity index (χ1) is 12.3.